The molecule has 1 unspecified atom stereocenters. The fourth-order valence-corrected chi connectivity index (χ4v) is 2.59. The summed E-state index contributed by atoms with van der Waals surface area (Å²) >= 11 is 3.27. The van der Waals surface area contributed by atoms with Gasteiger partial charge in [-0.3, -0.25) is 4.79 Å². The molecule has 1 aliphatic rings. The molecule has 5 nitrogen and oxygen atoms in total. The van der Waals surface area contributed by atoms with Crippen LogP contribution in [-0.2, 0) is 11.3 Å². The van der Waals surface area contributed by atoms with Gasteiger partial charge in [0.2, 0.25) is 11.9 Å². The van der Waals surface area contributed by atoms with Crippen LogP contribution in [0.15, 0.2) is 41.1 Å². The van der Waals surface area contributed by atoms with Crippen molar-refractivity contribution in [2.75, 3.05) is 11.9 Å². The number of halogens is 2. The second-order valence-electron chi connectivity index (χ2n) is 5.10. The van der Waals surface area contributed by atoms with Crippen LogP contribution in [0, 0.1) is 5.82 Å². The number of hydrogen-bond donors (Lipinski definition) is 1. The SMILES string of the molecule is O=C1C(Nc2ncc(Br)cn2)CCN1Cc1ccc(F)cc1. The van der Waals surface area contributed by atoms with Crippen LogP contribution in [0.4, 0.5) is 10.3 Å². The summed E-state index contributed by atoms with van der Waals surface area (Å²) in [5.74, 6) is 0.171. The van der Waals surface area contributed by atoms with Gasteiger partial charge in [0.05, 0.1) is 4.47 Å². The van der Waals surface area contributed by atoms with Gasteiger partial charge in [-0.15, -0.1) is 0 Å². The van der Waals surface area contributed by atoms with E-state index in [2.05, 4.69) is 31.2 Å². The summed E-state index contributed by atoms with van der Waals surface area (Å²) in [6.07, 6.45) is 3.95. The highest BCUT2D eigenvalue weighted by Gasteiger charge is 2.31. The quantitative estimate of drug-likeness (QED) is 0.905. The van der Waals surface area contributed by atoms with Crippen molar-refractivity contribution in [1.82, 2.24) is 14.9 Å². The van der Waals surface area contributed by atoms with Crippen LogP contribution in [0.2, 0.25) is 0 Å². The van der Waals surface area contributed by atoms with E-state index in [-0.39, 0.29) is 17.8 Å². The lowest BCUT2D eigenvalue weighted by Gasteiger charge is -2.17. The van der Waals surface area contributed by atoms with Gasteiger partial charge >= 0.3 is 0 Å². The first kappa shape index (κ1) is 14.9. The number of benzene rings is 1. The molecule has 1 aromatic carbocycles. The smallest absolute Gasteiger partial charge is 0.245 e. The number of anilines is 1. The van der Waals surface area contributed by atoms with E-state index in [1.165, 1.54) is 12.1 Å². The zero-order valence-corrected chi connectivity index (χ0v) is 13.3. The molecule has 0 radical (unpaired) electrons. The molecular weight excluding hydrogens is 351 g/mol. The number of nitrogens with zero attached hydrogens (tertiary/aromatic N) is 3. The van der Waals surface area contributed by atoms with Crippen molar-refractivity contribution in [3.05, 3.63) is 52.5 Å². The van der Waals surface area contributed by atoms with Crippen molar-refractivity contribution in [2.45, 2.75) is 19.0 Å². The van der Waals surface area contributed by atoms with Gasteiger partial charge in [-0.2, -0.15) is 0 Å². The van der Waals surface area contributed by atoms with Crippen LogP contribution < -0.4 is 5.32 Å². The van der Waals surface area contributed by atoms with Crippen LogP contribution in [0.5, 0.6) is 0 Å². The summed E-state index contributed by atoms with van der Waals surface area (Å²) < 4.78 is 13.7. The minimum Gasteiger partial charge on any atom is -0.342 e. The molecule has 1 N–H and O–H groups in total. The number of carbonyl (C=O) groups excluding carboxylic acids is 1. The van der Waals surface area contributed by atoms with E-state index in [9.17, 15) is 9.18 Å². The maximum atomic E-state index is 12.9. The molecule has 1 aromatic heterocycles. The summed E-state index contributed by atoms with van der Waals surface area (Å²) in [5, 5.41) is 3.05. The lowest BCUT2D eigenvalue weighted by Crippen LogP contribution is -2.33. The van der Waals surface area contributed by atoms with Gasteiger partial charge in [0.1, 0.15) is 11.9 Å². The van der Waals surface area contributed by atoms with Crippen LogP contribution >= 0.6 is 15.9 Å². The van der Waals surface area contributed by atoms with Gasteiger partial charge in [-0.1, -0.05) is 12.1 Å². The molecule has 1 saturated heterocycles. The first-order valence-electron chi connectivity index (χ1n) is 6.89. The monoisotopic (exact) mass is 364 g/mol. The van der Waals surface area contributed by atoms with Crippen molar-refractivity contribution in [3.8, 4) is 0 Å². The predicted octanol–water partition coefficient (Wildman–Crippen LogP) is 2.59. The second kappa shape index (κ2) is 6.39. The Morgan fingerprint density at radius 3 is 2.64 bits per heavy atom. The number of rotatable bonds is 4. The highest BCUT2D eigenvalue weighted by atomic mass is 79.9. The van der Waals surface area contributed by atoms with Crippen LogP contribution in [0.25, 0.3) is 0 Å². The second-order valence-corrected chi connectivity index (χ2v) is 6.01. The molecule has 2 heterocycles. The molecule has 7 heteroatoms. The summed E-state index contributed by atoms with van der Waals surface area (Å²) in [6.45, 7) is 1.14. The Labute approximate surface area is 135 Å². The van der Waals surface area contributed by atoms with Gasteiger partial charge in [0, 0.05) is 25.5 Å². The van der Waals surface area contributed by atoms with Crippen LogP contribution in [-0.4, -0.2) is 33.4 Å². The third-order valence-corrected chi connectivity index (χ3v) is 3.92. The fourth-order valence-electron chi connectivity index (χ4n) is 2.38. The molecule has 0 aliphatic carbocycles. The van der Waals surface area contributed by atoms with Gasteiger partial charge in [0.15, 0.2) is 0 Å². The number of hydrogen-bond acceptors (Lipinski definition) is 4. The molecular formula is C15H14BrFN4O. The number of aromatic nitrogens is 2. The van der Waals surface area contributed by atoms with E-state index < -0.39 is 0 Å². The Balaban J connectivity index is 1.62. The maximum Gasteiger partial charge on any atom is 0.245 e. The Kier molecular flexibility index (Phi) is 4.33. The van der Waals surface area contributed by atoms with E-state index in [0.29, 0.717) is 25.5 Å². The Bertz CT molecular complexity index is 605. The molecule has 1 fully saturated rings. The molecule has 2 aromatic rings. The highest BCUT2D eigenvalue weighted by Crippen LogP contribution is 2.18. The molecule has 1 atom stereocenters. The van der Waals surface area contributed by atoms with Gasteiger partial charge in [-0.05, 0) is 40.0 Å². The van der Waals surface area contributed by atoms with E-state index in [1.54, 1.807) is 29.4 Å². The molecule has 1 amide bonds. The molecule has 114 valence electrons. The first-order valence-corrected chi connectivity index (χ1v) is 7.68. The summed E-state index contributed by atoms with van der Waals surface area (Å²) in [5.41, 5.74) is 0.912. The normalized spacial score (nSPS) is 17.8. The van der Waals surface area contributed by atoms with Crippen LogP contribution in [0.1, 0.15) is 12.0 Å². The zero-order chi connectivity index (χ0) is 15.5. The fraction of sp³-hybridized carbons (Fsp3) is 0.267. The highest BCUT2D eigenvalue weighted by molar-refractivity contribution is 9.10. The number of amides is 1. The van der Waals surface area contributed by atoms with Crippen molar-refractivity contribution < 1.29 is 9.18 Å². The minimum atomic E-state index is -0.318. The summed E-state index contributed by atoms with van der Waals surface area (Å²) in [6, 6.07) is 5.88. The van der Waals surface area contributed by atoms with E-state index >= 15 is 0 Å². The van der Waals surface area contributed by atoms with E-state index in [1.807, 2.05) is 0 Å². The topological polar surface area (TPSA) is 58.1 Å². The molecule has 0 spiro atoms. The minimum absolute atomic E-state index is 0.0100. The van der Waals surface area contributed by atoms with Crippen molar-refractivity contribution in [2.24, 2.45) is 0 Å². The third-order valence-electron chi connectivity index (χ3n) is 3.51. The molecule has 3 rings (SSSR count). The summed E-state index contributed by atoms with van der Waals surface area (Å²) in [4.78, 5) is 22.4. The van der Waals surface area contributed by atoms with Crippen molar-refractivity contribution in [1.29, 1.82) is 0 Å². The summed E-state index contributed by atoms with van der Waals surface area (Å²) in [7, 11) is 0. The molecule has 22 heavy (non-hydrogen) atoms. The lowest BCUT2D eigenvalue weighted by molar-refractivity contribution is -0.128. The van der Waals surface area contributed by atoms with Gasteiger partial charge < -0.3 is 10.2 Å². The third kappa shape index (κ3) is 3.41. The first-order chi connectivity index (χ1) is 10.6. The lowest BCUT2D eigenvalue weighted by atomic mass is 10.2. The number of carbonyl (C=O) groups is 1. The van der Waals surface area contributed by atoms with Crippen LogP contribution in [0.3, 0.4) is 0 Å². The van der Waals surface area contributed by atoms with E-state index in [0.717, 1.165) is 10.0 Å². The zero-order valence-electron chi connectivity index (χ0n) is 11.7. The standard InChI is InChI=1S/C15H14BrFN4O/c16-11-7-18-15(19-8-11)20-13-5-6-21(14(13)22)9-10-1-3-12(17)4-2-10/h1-4,7-8,13H,5-6,9H2,(H,18,19,20). The Morgan fingerprint density at radius 1 is 1.27 bits per heavy atom. The van der Waals surface area contributed by atoms with E-state index in [4.69, 9.17) is 0 Å². The molecule has 1 aliphatic heterocycles. The van der Waals surface area contributed by atoms with Gasteiger partial charge in [-0.25, -0.2) is 14.4 Å². The number of likely N-dealkylation sites (tertiary alicyclic amines) is 1. The number of nitrogens with one attached hydrogen (secondary N) is 1. The van der Waals surface area contributed by atoms with Crippen molar-refractivity contribution >= 4 is 27.8 Å². The average Bonchev–Trinajstić information content (AvgIpc) is 2.85. The Hall–Kier alpha value is -2.02. The molecule has 0 bridgehead atoms. The maximum absolute atomic E-state index is 12.9. The Morgan fingerprint density at radius 2 is 1.95 bits per heavy atom. The predicted molar refractivity (Wildman–Crippen MR) is 83.6 cm³/mol. The largest absolute Gasteiger partial charge is 0.342 e. The van der Waals surface area contributed by atoms with Gasteiger partial charge in [0.25, 0.3) is 0 Å². The average molecular weight is 365 g/mol. The van der Waals surface area contributed by atoms with Crippen molar-refractivity contribution in [3.63, 3.8) is 0 Å². The molecule has 0 saturated carbocycles.